The second-order valence-corrected chi connectivity index (χ2v) is 11.9. The summed E-state index contributed by atoms with van der Waals surface area (Å²) in [5.41, 5.74) is 11.3. The maximum absolute atomic E-state index is 5.15. The summed E-state index contributed by atoms with van der Waals surface area (Å²) < 4.78 is 2.27. The lowest BCUT2D eigenvalue weighted by Gasteiger charge is -2.32. The van der Waals surface area contributed by atoms with E-state index >= 15 is 0 Å². The van der Waals surface area contributed by atoms with E-state index in [1.54, 1.807) is 0 Å². The zero-order valence-corrected chi connectivity index (χ0v) is 26.2. The first kappa shape index (κ1) is 28.7. The summed E-state index contributed by atoms with van der Waals surface area (Å²) in [5, 5.41) is 7.35. The van der Waals surface area contributed by atoms with Crippen LogP contribution >= 0.6 is 0 Å². The number of benzene rings is 6. The molecule has 5 heteroatoms. The van der Waals surface area contributed by atoms with E-state index in [4.69, 9.17) is 9.98 Å². The van der Waals surface area contributed by atoms with Crippen LogP contribution in [-0.4, -0.2) is 15.4 Å². The Morgan fingerprint density at radius 3 is 1.96 bits per heavy atom. The summed E-state index contributed by atoms with van der Waals surface area (Å²) in [5.74, 6) is 1.95. The van der Waals surface area contributed by atoms with Crippen molar-refractivity contribution in [2.24, 2.45) is 4.99 Å². The fraction of sp³-hybridized carbons (Fsp3) is 0.0952. The molecule has 1 aromatic heterocycles. The first-order valence-corrected chi connectivity index (χ1v) is 16.2. The number of amidine groups is 1. The van der Waals surface area contributed by atoms with Crippen LogP contribution in [0.3, 0.4) is 0 Å². The molecular formula is C42H35N5. The summed E-state index contributed by atoms with van der Waals surface area (Å²) >= 11 is 0. The molecule has 7 aromatic rings. The Bertz CT molecular complexity index is 2180. The molecule has 0 spiro atoms. The van der Waals surface area contributed by atoms with Crippen LogP contribution in [-0.2, 0) is 6.42 Å². The van der Waals surface area contributed by atoms with E-state index in [2.05, 4.69) is 162 Å². The average molecular weight is 610 g/mol. The summed E-state index contributed by atoms with van der Waals surface area (Å²) in [7, 11) is 0. The zero-order valence-electron chi connectivity index (χ0n) is 26.2. The number of nitrogens with zero attached hydrogens (tertiary/aromatic N) is 3. The van der Waals surface area contributed by atoms with Gasteiger partial charge in [0.1, 0.15) is 24.0 Å². The number of para-hydroxylation sites is 2. The van der Waals surface area contributed by atoms with Crippen LogP contribution in [0.25, 0.3) is 39.0 Å². The topological polar surface area (TPSA) is 54.2 Å². The summed E-state index contributed by atoms with van der Waals surface area (Å²) in [6.45, 7) is 2.16. The smallest absolute Gasteiger partial charge is 0.131 e. The van der Waals surface area contributed by atoms with Crippen LogP contribution in [0.5, 0.6) is 0 Å². The monoisotopic (exact) mass is 609 g/mol. The van der Waals surface area contributed by atoms with Crippen molar-refractivity contribution in [3.63, 3.8) is 0 Å². The Kier molecular flexibility index (Phi) is 7.66. The first-order valence-electron chi connectivity index (χ1n) is 16.2. The van der Waals surface area contributed by atoms with E-state index in [1.165, 1.54) is 22.3 Å². The number of rotatable bonds is 7. The Morgan fingerprint density at radius 2 is 1.19 bits per heavy atom. The van der Waals surface area contributed by atoms with Crippen molar-refractivity contribution < 1.29 is 0 Å². The van der Waals surface area contributed by atoms with Crippen molar-refractivity contribution in [2.75, 3.05) is 0 Å². The molecule has 2 N–H and O–H groups in total. The molecule has 5 nitrogen and oxygen atoms in total. The highest BCUT2D eigenvalue weighted by molar-refractivity contribution is 5.99. The number of imidazole rings is 1. The molecule has 6 aromatic carbocycles. The maximum atomic E-state index is 5.15. The van der Waals surface area contributed by atoms with E-state index in [0.717, 1.165) is 51.5 Å². The van der Waals surface area contributed by atoms with Crippen molar-refractivity contribution in [3.05, 3.63) is 180 Å². The van der Waals surface area contributed by atoms with Gasteiger partial charge in [0.15, 0.2) is 0 Å². The second kappa shape index (κ2) is 12.5. The standard InChI is InChI=1S/C42H35N5/c1-2-39-43-37-21-9-10-22-38(37)47(39)36-25-23-29(24-26-36)32-17-11-18-33(27-32)34-19-12-20-35(28-34)42-45-40(30-13-5-3-6-14-30)44-41(46-42)31-15-7-4-8-16-31/h3-28,40,42,45H,2H2,1H3,(H,44,46). The van der Waals surface area contributed by atoms with Gasteiger partial charge in [-0.1, -0.05) is 128 Å². The maximum Gasteiger partial charge on any atom is 0.131 e. The minimum atomic E-state index is -0.209. The minimum Gasteiger partial charge on any atom is -0.350 e. The third-order valence-corrected chi connectivity index (χ3v) is 8.85. The number of nitrogens with one attached hydrogen (secondary N) is 2. The summed E-state index contributed by atoms with van der Waals surface area (Å²) in [4.78, 5) is 10.0. The predicted molar refractivity (Wildman–Crippen MR) is 192 cm³/mol. The molecule has 0 aliphatic carbocycles. The van der Waals surface area contributed by atoms with E-state index in [-0.39, 0.29) is 12.3 Å². The molecular weight excluding hydrogens is 574 g/mol. The van der Waals surface area contributed by atoms with Crippen molar-refractivity contribution in [1.82, 2.24) is 20.2 Å². The lowest BCUT2D eigenvalue weighted by Crippen LogP contribution is -2.44. The van der Waals surface area contributed by atoms with Gasteiger partial charge in [-0.25, -0.2) is 9.98 Å². The van der Waals surface area contributed by atoms with Gasteiger partial charge in [0.25, 0.3) is 0 Å². The third-order valence-electron chi connectivity index (χ3n) is 8.85. The minimum absolute atomic E-state index is 0.0717. The third kappa shape index (κ3) is 5.73. The molecule has 0 amide bonds. The van der Waals surface area contributed by atoms with Crippen molar-refractivity contribution in [2.45, 2.75) is 25.7 Å². The van der Waals surface area contributed by atoms with Crippen molar-refractivity contribution in [1.29, 1.82) is 0 Å². The van der Waals surface area contributed by atoms with E-state index in [9.17, 15) is 0 Å². The molecule has 0 fully saturated rings. The van der Waals surface area contributed by atoms with Crippen LogP contribution in [0, 0.1) is 0 Å². The van der Waals surface area contributed by atoms with Crippen LogP contribution in [0.2, 0.25) is 0 Å². The number of fused-ring (bicyclic) bond motifs is 1. The van der Waals surface area contributed by atoms with Gasteiger partial charge in [-0.2, -0.15) is 0 Å². The van der Waals surface area contributed by atoms with Gasteiger partial charge in [-0.05, 0) is 69.8 Å². The second-order valence-electron chi connectivity index (χ2n) is 11.9. The molecule has 0 saturated carbocycles. The summed E-state index contributed by atoms with van der Waals surface area (Å²) in [6, 6.07) is 55.5. The molecule has 2 unspecified atom stereocenters. The molecule has 0 bridgehead atoms. The van der Waals surface area contributed by atoms with Gasteiger partial charge in [0.05, 0.1) is 11.0 Å². The van der Waals surface area contributed by atoms with E-state index in [1.807, 2.05) is 18.2 Å². The van der Waals surface area contributed by atoms with Gasteiger partial charge in [0.2, 0.25) is 0 Å². The van der Waals surface area contributed by atoms with Crippen molar-refractivity contribution in [3.8, 4) is 27.9 Å². The predicted octanol–water partition coefficient (Wildman–Crippen LogP) is 9.26. The SMILES string of the molecule is CCc1nc2ccccc2n1-c1ccc(-c2cccc(-c3cccc(C4N=C(c5ccccc5)NC(c5ccccc5)N4)c3)c2)cc1. The molecule has 8 rings (SSSR count). The Hall–Kier alpha value is -5.78. The number of hydrogen-bond acceptors (Lipinski definition) is 4. The van der Waals surface area contributed by atoms with Crippen LogP contribution in [0.4, 0.5) is 0 Å². The normalized spacial score (nSPS) is 16.1. The number of hydrogen-bond donors (Lipinski definition) is 2. The van der Waals surface area contributed by atoms with Gasteiger partial charge >= 0.3 is 0 Å². The molecule has 2 atom stereocenters. The Labute approximate surface area is 275 Å². The molecule has 228 valence electrons. The van der Waals surface area contributed by atoms with Crippen LogP contribution in [0.1, 0.15) is 41.8 Å². The Morgan fingerprint density at radius 1 is 0.574 bits per heavy atom. The van der Waals surface area contributed by atoms with Crippen molar-refractivity contribution >= 4 is 16.9 Å². The van der Waals surface area contributed by atoms with Crippen LogP contribution in [0.15, 0.2) is 163 Å². The molecule has 1 aliphatic rings. The highest BCUT2D eigenvalue weighted by Gasteiger charge is 2.25. The zero-order chi connectivity index (χ0) is 31.6. The lowest BCUT2D eigenvalue weighted by atomic mass is 9.97. The van der Waals surface area contributed by atoms with E-state index in [0.29, 0.717) is 0 Å². The quantitative estimate of drug-likeness (QED) is 0.189. The molecule has 0 radical (unpaired) electrons. The van der Waals surface area contributed by atoms with Gasteiger partial charge < -0.3 is 5.32 Å². The summed E-state index contributed by atoms with van der Waals surface area (Å²) in [6.07, 6.45) is 0.591. The Balaban J connectivity index is 1.10. The first-order chi connectivity index (χ1) is 23.2. The largest absolute Gasteiger partial charge is 0.350 e. The molecule has 2 heterocycles. The average Bonchev–Trinajstić information content (AvgIpc) is 3.54. The fourth-order valence-electron chi connectivity index (χ4n) is 6.46. The molecule has 47 heavy (non-hydrogen) atoms. The fourth-order valence-corrected chi connectivity index (χ4v) is 6.46. The van der Waals surface area contributed by atoms with E-state index < -0.39 is 0 Å². The number of aromatic nitrogens is 2. The highest BCUT2D eigenvalue weighted by Crippen LogP contribution is 2.32. The van der Waals surface area contributed by atoms with Gasteiger partial charge in [-0.3, -0.25) is 9.88 Å². The van der Waals surface area contributed by atoms with Crippen LogP contribution < -0.4 is 10.6 Å². The molecule has 1 aliphatic heterocycles. The highest BCUT2D eigenvalue weighted by atomic mass is 15.3. The van der Waals surface area contributed by atoms with Gasteiger partial charge in [-0.15, -0.1) is 0 Å². The number of aliphatic imine (C=N–C) groups is 1. The number of aryl methyl sites for hydroxylation is 1. The lowest BCUT2D eigenvalue weighted by molar-refractivity contribution is 0.409. The van der Waals surface area contributed by atoms with Gasteiger partial charge in [0, 0.05) is 17.7 Å². The molecule has 0 saturated heterocycles.